The van der Waals surface area contributed by atoms with Crippen molar-refractivity contribution in [1.29, 1.82) is 0 Å². The molecule has 2 unspecified atom stereocenters. The second-order valence-electron chi connectivity index (χ2n) is 27.4. The van der Waals surface area contributed by atoms with Crippen molar-refractivity contribution in [3.8, 4) is 0 Å². The third kappa shape index (κ3) is 73.0. The maximum atomic E-state index is 12.9. The van der Waals surface area contributed by atoms with E-state index in [1.165, 1.54) is 295 Å². The number of phosphoric ester groups is 1. The molecule has 2 atom stereocenters. The molecule has 0 aliphatic carbocycles. The van der Waals surface area contributed by atoms with Crippen molar-refractivity contribution in [2.75, 3.05) is 47.5 Å². The highest BCUT2D eigenvalue weighted by molar-refractivity contribution is 7.45. The van der Waals surface area contributed by atoms with E-state index < -0.39 is 26.5 Å². The molecule has 0 heterocycles. The number of likely N-dealkylation sites (N-methyl/N-ethyl adjacent to an activating group) is 1. The highest BCUT2D eigenvalue weighted by Crippen LogP contribution is 2.38. The molecule has 0 fully saturated rings. The van der Waals surface area contributed by atoms with Gasteiger partial charge in [0.1, 0.15) is 19.8 Å². The van der Waals surface area contributed by atoms with Gasteiger partial charge in [0, 0.05) is 12.8 Å². The third-order valence-electron chi connectivity index (χ3n) is 17.4. The number of ether oxygens (including phenoxy) is 2. The molecule has 0 spiro atoms. The van der Waals surface area contributed by atoms with E-state index in [2.05, 4.69) is 62.5 Å². The average Bonchev–Trinajstić information content (AvgIpc) is 3.57. The molecular formula is C78H148NO8P. The molecule has 0 saturated carbocycles. The van der Waals surface area contributed by atoms with E-state index in [4.69, 9.17) is 18.5 Å². The fraction of sp³-hybridized carbons (Fsp3) is 0.872. The Morgan fingerprint density at radius 3 is 0.966 bits per heavy atom. The number of carbonyl (C=O) groups is 2. The average molecular weight is 1260 g/mol. The number of phosphoric acid groups is 1. The molecule has 0 amide bonds. The number of unbranched alkanes of at least 4 members (excludes halogenated alkanes) is 50. The summed E-state index contributed by atoms with van der Waals surface area (Å²) >= 11 is 0. The van der Waals surface area contributed by atoms with E-state index >= 15 is 0 Å². The summed E-state index contributed by atoms with van der Waals surface area (Å²) < 4.78 is 34.4. The first-order chi connectivity index (χ1) is 43.0. The Balaban J connectivity index is 3.93. The molecule has 0 aromatic carbocycles. The second kappa shape index (κ2) is 69.3. The number of hydrogen-bond acceptors (Lipinski definition) is 8. The molecule has 0 rings (SSSR count). The van der Waals surface area contributed by atoms with Crippen LogP contribution in [0.1, 0.15) is 386 Å². The van der Waals surface area contributed by atoms with Gasteiger partial charge in [0.15, 0.2) is 6.10 Å². The number of quaternary nitrogens is 1. The first-order valence-corrected chi connectivity index (χ1v) is 39.8. The van der Waals surface area contributed by atoms with Crippen LogP contribution in [-0.4, -0.2) is 70.0 Å². The fourth-order valence-corrected chi connectivity index (χ4v) is 12.3. The Bertz CT molecular complexity index is 1620. The maximum Gasteiger partial charge on any atom is 0.306 e. The zero-order valence-corrected chi connectivity index (χ0v) is 60.1. The van der Waals surface area contributed by atoms with Crippen LogP contribution in [0.2, 0.25) is 0 Å². The molecule has 0 aliphatic rings. The quantitative estimate of drug-likeness (QED) is 0.0195. The lowest BCUT2D eigenvalue weighted by Gasteiger charge is -2.28. The van der Waals surface area contributed by atoms with E-state index in [0.717, 1.165) is 57.8 Å². The number of esters is 2. The van der Waals surface area contributed by atoms with Gasteiger partial charge in [-0.25, -0.2) is 0 Å². The molecule has 88 heavy (non-hydrogen) atoms. The summed E-state index contributed by atoms with van der Waals surface area (Å²) in [5.41, 5.74) is 0. The summed E-state index contributed by atoms with van der Waals surface area (Å²) in [5.74, 6) is -0.808. The number of nitrogens with zero attached hydrogens (tertiary/aromatic N) is 1. The van der Waals surface area contributed by atoms with Crippen molar-refractivity contribution in [3.05, 3.63) is 48.6 Å². The summed E-state index contributed by atoms with van der Waals surface area (Å²) in [4.78, 5) is 38.1. The van der Waals surface area contributed by atoms with Gasteiger partial charge in [0.05, 0.1) is 27.7 Å². The Labute approximate surface area is 547 Å². The van der Waals surface area contributed by atoms with Gasteiger partial charge in [-0.3, -0.25) is 14.2 Å². The molecule has 9 nitrogen and oxygen atoms in total. The fourth-order valence-electron chi connectivity index (χ4n) is 11.5. The second-order valence-corrected chi connectivity index (χ2v) is 28.8. The zero-order valence-electron chi connectivity index (χ0n) is 59.2. The maximum absolute atomic E-state index is 12.9. The van der Waals surface area contributed by atoms with E-state index in [1.54, 1.807) is 0 Å². The van der Waals surface area contributed by atoms with Crippen molar-refractivity contribution >= 4 is 19.8 Å². The predicted octanol–water partition coefficient (Wildman–Crippen LogP) is 24.5. The lowest BCUT2D eigenvalue weighted by molar-refractivity contribution is -0.870. The van der Waals surface area contributed by atoms with Crippen LogP contribution in [0.15, 0.2) is 48.6 Å². The van der Waals surface area contributed by atoms with E-state index in [9.17, 15) is 19.0 Å². The Morgan fingerprint density at radius 2 is 0.648 bits per heavy atom. The van der Waals surface area contributed by atoms with Gasteiger partial charge in [-0.05, 0) is 51.4 Å². The van der Waals surface area contributed by atoms with Crippen LogP contribution >= 0.6 is 7.82 Å². The highest BCUT2D eigenvalue weighted by atomic mass is 31.2. The van der Waals surface area contributed by atoms with Crippen LogP contribution in [0.3, 0.4) is 0 Å². The van der Waals surface area contributed by atoms with Crippen molar-refractivity contribution in [1.82, 2.24) is 0 Å². The van der Waals surface area contributed by atoms with Gasteiger partial charge in [-0.1, -0.05) is 371 Å². The minimum absolute atomic E-state index is 0.0275. The van der Waals surface area contributed by atoms with Crippen LogP contribution in [-0.2, 0) is 32.7 Å². The minimum Gasteiger partial charge on any atom is -0.756 e. The van der Waals surface area contributed by atoms with Gasteiger partial charge in [-0.2, -0.15) is 0 Å². The molecule has 0 aromatic rings. The first-order valence-electron chi connectivity index (χ1n) is 38.3. The molecule has 0 aromatic heterocycles. The molecule has 0 saturated heterocycles. The Hall–Kier alpha value is -2.03. The molecule has 0 radical (unpaired) electrons. The molecule has 10 heteroatoms. The van der Waals surface area contributed by atoms with Gasteiger partial charge in [0.25, 0.3) is 7.82 Å². The molecule has 0 bridgehead atoms. The Kier molecular flexibility index (Phi) is 67.7. The number of rotatable bonds is 72. The first kappa shape index (κ1) is 86.0. The smallest absolute Gasteiger partial charge is 0.306 e. The van der Waals surface area contributed by atoms with Gasteiger partial charge < -0.3 is 27.9 Å². The van der Waals surface area contributed by atoms with Crippen LogP contribution in [0, 0.1) is 0 Å². The number of allylic oxidation sites excluding steroid dienone is 8. The third-order valence-corrected chi connectivity index (χ3v) is 18.3. The molecule has 0 N–H and O–H groups in total. The van der Waals surface area contributed by atoms with E-state index in [-0.39, 0.29) is 32.0 Å². The summed E-state index contributed by atoms with van der Waals surface area (Å²) in [5, 5.41) is 0. The van der Waals surface area contributed by atoms with Gasteiger partial charge in [-0.15, -0.1) is 0 Å². The summed E-state index contributed by atoms with van der Waals surface area (Å²) in [6.45, 7) is 4.21. The Morgan fingerprint density at radius 1 is 0.364 bits per heavy atom. The van der Waals surface area contributed by atoms with Crippen molar-refractivity contribution in [2.45, 2.75) is 392 Å². The van der Waals surface area contributed by atoms with Gasteiger partial charge >= 0.3 is 11.9 Å². The van der Waals surface area contributed by atoms with E-state index in [1.807, 2.05) is 21.1 Å². The topological polar surface area (TPSA) is 111 Å². The van der Waals surface area contributed by atoms with Crippen molar-refractivity contribution < 1.29 is 42.1 Å². The summed E-state index contributed by atoms with van der Waals surface area (Å²) in [6.07, 6.45) is 90.8. The normalized spacial score (nSPS) is 13.3. The lowest BCUT2D eigenvalue weighted by atomic mass is 10.0. The molecule has 518 valence electrons. The monoisotopic (exact) mass is 1260 g/mol. The minimum atomic E-state index is -4.64. The van der Waals surface area contributed by atoms with Crippen LogP contribution in [0.4, 0.5) is 0 Å². The lowest BCUT2D eigenvalue weighted by Crippen LogP contribution is -2.37. The van der Waals surface area contributed by atoms with Crippen LogP contribution in [0.25, 0.3) is 0 Å². The van der Waals surface area contributed by atoms with E-state index in [0.29, 0.717) is 17.4 Å². The van der Waals surface area contributed by atoms with Crippen LogP contribution in [0.5, 0.6) is 0 Å². The summed E-state index contributed by atoms with van der Waals surface area (Å²) in [7, 11) is 1.19. The van der Waals surface area contributed by atoms with Crippen LogP contribution < -0.4 is 4.89 Å². The van der Waals surface area contributed by atoms with Crippen molar-refractivity contribution in [2.24, 2.45) is 0 Å². The standard InChI is InChI=1S/C78H148NO8P/c1-6-8-10-12-14-16-18-20-22-24-26-28-30-32-34-36-37-38-39-40-41-43-45-47-49-51-53-55-57-59-61-63-65-67-69-71-78(81)87-76(75-86-88(82,83)85-73-72-79(3,4)5)74-84-77(80)70-68-66-64-62-60-58-56-54-52-50-48-46-44-42-35-33-31-29-27-25-23-21-19-17-15-13-11-9-7-2/h8,10,14,16,20,22,26,28,76H,6-7,9,11-13,15,17-19,21,23-25,27,29-75H2,1-5H3/b10-8-,16-14-,22-20-,28-26-. The molecule has 0 aliphatic heterocycles. The zero-order chi connectivity index (χ0) is 64.1. The highest BCUT2D eigenvalue weighted by Gasteiger charge is 2.22. The number of carbonyl (C=O) groups excluding carboxylic acids is 2. The predicted molar refractivity (Wildman–Crippen MR) is 379 cm³/mol. The van der Waals surface area contributed by atoms with Gasteiger partial charge in [0.2, 0.25) is 0 Å². The SMILES string of the molecule is CC/C=C\C/C=C\C/C=C\C/C=C\CCCCCCCCCCCCCCCCCCCCCCCCC(=O)OC(COC(=O)CCCCCCCCCCCCCCCCCCCCCCCCCCCCCCC)COP(=O)([O-])OCC[N+](C)(C)C. The largest absolute Gasteiger partial charge is 0.756 e. The van der Waals surface area contributed by atoms with Crippen molar-refractivity contribution in [3.63, 3.8) is 0 Å². The number of hydrogen-bond donors (Lipinski definition) is 0. The molecular weight excluding hydrogens is 1110 g/mol. The summed E-state index contributed by atoms with van der Waals surface area (Å²) in [6, 6.07) is 0.